The van der Waals surface area contributed by atoms with Gasteiger partial charge in [-0.3, -0.25) is 8.77 Å². The van der Waals surface area contributed by atoms with E-state index in [1.807, 2.05) is 19.1 Å². The van der Waals surface area contributed by atoms with Crippen LogP contribution >= 0.6 is 0 Å². The van der Waals surface area contributed by atoms with Crippen LogP contribution in [0.25, 0.3) is 22.0 Å². The third-order valence-corrected chi connectivity index (χ3v) is 7.35. The number of nitrogen functional groups attached to an aromatic ring is 2. The number of halogens is 2. The topological polar surface area (TPSA) is 105 Å². The summed E-state index contributed by atoms with van der Waals surface area (Å²) >= 11 is 0. The van der Waals surface area contributed by atoms with Crippen molar-refractivity contribution in [3.05, 3.63) is 101 Å². The molecular formula is C27H22F2N4O3S. The zero-order chi connectivity index (χ0) is 26.4. The number of nitrogens with two attached hydrogens (primary N) is 2. The first kappa shape index (κ1) is 24.3. The van der Waals surface area contributed by atoms with Crippen molar-refractivity contribution in [3.8, 4) is 22.6 Å². The summed E-state index contributed by atoms with van der Waals surface area (Å²) in [6.07, 6.45) is 3.12. The Labute approximate surface area is 213 Å². The van der Waals surface area contributed by atoms with E-state index >= 15 is 0 Å². The number of aryl methyl sites for hydroxylation is 2. The summed E-state index contributed by atoms with van der Waals surface area (Å²) in [5.74, 6) is -1.72. The minimum absolute atomic E-state index is 0.143. The van der Waals surface area contributed by atoms with E-state index in [-0.39, 0.29) is 33.9 Å². The molecule has 1 unspecified atom stereocenters. The van der Waals surface area contributed by atoms with Crippen molar-refractivity contribution in [1.82, 2.24) is 8.54 Å². The number of nitrogens with zero attached hydrogens (tertiary/aromatic N) is 2. The quantitative estimate of drug-likeness (QED) is 0.313. The van der Waals surface area contributed by atoms with Crippen LogP contribution in [0.3, 0.4) is 0 Å². The highest BCUT2D eigenvalue weighted by atomic mass is 32.2. The molecule has 37 heavy (non-hydrogen) atoms. The molecular weight excluding hydrogens is 498 g/mol. The third kappa shape index (κ3) is 4.25. The Hall–Kier alpha value is -4.44. The van der Waals surface area contributed by atoms with Crippen molar-refractivity contribution in [2.24, 2.45) is 7.05 Å². The van der Waals surface area contributed by atoms with Gasteiger partial charge in [-0.1, -0.05) is 17.7 Å². The van der Waals surface area contributed by atoms with Gasteiger partial charge in [0.2, 0.25) is 0 Å². The molecule has 2 heterocycles. The molecule has 5 rings (SSSR count). The maximum absolute atomic E-state index is 14.4. The lowest BCUT2D eigenvalue weighted by Gasteiger charge is -2.17. The van der Waals surface area contributed by atoms with Gasteiger partial charge < -0.3 is 20.8 Å². The van der Waals surface area contributed by atoms with Crippen LogP contribution in [0.2, 0.25) is 0 Å². The highest BCUT2D eigenvalue weighted by Crippen LogP contribution is 2.43. The van der Waals surface area contributed by atoms with Gasteiger partial charge in [0.1, 0.15) is 17.1 Å². The predicted octanol–water partition coefficient (Wildman–Crippen LogP) is 5.12. The molecule has 0 aliphatic rings. The fourth-order valence-corrected chi connectivity index (χ4v) is 5.20. The maximum atomic E-state index is 14.4. The summed E-state index contributed by atoms with van der Waals surface area (Å²) in [4.78, 5) is 13.7. The molecule has 0 radical (unpaired) electrons. The molecule has 188 valence electrons. The molecule has 3 aromatic carbocycles. The largest absolute Gasteiger partial charge is 0.454 e. The lowest BCUT2D eigenvalue weighted by molar-refractivity contribution is 0.439. The molecule has 4 N–H and O–H groups in total. The van der Waals surface area contributed by atoms with Crippen molar-refractivity contribution >= 4 is 33.3 Å². The van der Waals surface area contributed by atoms with E-state index in [1.165, 1.54) is 26.7 Å². The molecule has 0 aliphatic heterocycles. The number of fused-ring (bicyclic) bond motifs is 1. The monoisotopic (exact) mass is 520 g/mol. The molecule has 0 fully saturated rings. The van der Waals surface area contributed by atoms with Crippen molar-refractivity contribution in [3.63, 3.8) is 0 Å². The molecule has 0 spiro atoms. The summed E-state index contributed by atoms with van der Waals surface area (Å²) in [5, 5.41) is 0.449. The summed E-state index contributed by atoms with van der Waals surface area (Å²) < 4.78 is 49.8. The van der Waals surface area contributed by atoms with Gasteiger partial charge in [0, 0.05) is 36.5 Å². The first-order chi connectivity index (χ1) is 17.7. The highest BCUT2D eigenvalue weighted by molar-refractivity contribution is 7.83. The Morgan fingerprint density at radius 3 is 2.35 bits per heavy atom. The molecule has 0 amide bonds. The Kier molecular flexibility index (Phi) is 6.04. The van der Waals surface area contributed by atoms with Crippen LogP contribution in [0.1, 0.15) is 5.56 Å². The third-order valence-electron chi connectivity index (χ3n) is 6.01. The molecule has 0 saturated heterocycles. The van der Waals surface area contributed by atoms with Crippen LogP contribution in [0.5, 0.6) is 11.5 Å². The van der Waals surface area contributed by atoms with Gasteiger partial charge in [0.15, 0.2) is 22.6 Å². The summed E-state index contributed by atoms with van der Waals surface area (Å²) in [6, 6.07) is 14.8. The van der Waals surface area contributed by atoms with Gasteiger partial charge in [-0.05, 0) is 49.4 Å². The first-order valence-electron chi connectivity index (χ1n) is 11.2. The molecule has 5 aromatic rings. The van der Waals surface area contributed by atoms with Crippen LogP contribution in [0.4, 0.5) is 20.2 Å². The van der Waals surface area contributed by atoms with Crippen LogP contribution in [0, 0.1) is 18.6 Å². The van der Waals surface area contributed by atoms with E-state index in [4.69, 9.17) is 16.2 Å². The molecule has 0 saturated carbocycles. The highest BCUT2D eigenvalue weighted by Gasteiger charge is 2.22. The zero-order valence-electron chi connectivity index (χ0n) is 19.9. The Bertz CT molecular complexity index is 1760. The maximum Gasteiger partial charge on any atom is 0.275 e. The number of hydrogen-bond acceptors (Lipinski definition) is 5. The Morgan fingerprint density at radius 1 is 0.946 bits per heavy atom. The zero-order valence-corrected chi connectivity index (χ0v) is 20.7. The van der Waals surface area contributed by atoms with E-state index in [0.717, 1.165) is 11.6 Å². The van der Waals surface area contributed by atoms with E-state index in [9.17, 15) is 17.8 Å². The normalized spacial score (nSPS) is 12.1. The van der Waals surface area contributed by atoms with E-state index < -0.39 is 22.6 Å². The molecule has 0 aliphatic carbocycles. The average Bonchev–Trinajstić information content (AvgIpc) is 3.31. The van der Waals surface area contributed by atoms with Gasteiger partial charge in [-0.2, -0.15) is 0 Å². The number of anilines is 2. The number of pyridine rings is 1. The molecule has 0 bridgehead atoms. The van der Waals surface area contributed by atoms with E-state index in [1.54, 1.807) is 37.6 Å². The van der Waals surface area contributed by atoms with Gasteiger partial charge in [0.25, 0.3) is 5.56 Å². The standard InChI is InChI=1S/C27H22F2N4O3S/c1-15-3-6-17(7-4-15)37(35)33-12-11-18-19(14-32(2)27(34)26(18)33)24-23(10-8-21(30)25(24)31)36-22-9-5-16(28)13-20(22)29/h3-14H,30-31H2,1-2H3. The average molecular weight is 521 g/mol. The number of hydrogen-bond donors (Lipinski definition) is 2. The van der Waals surface area contributed by atoms with Gasteiger partial charge >= 0.3 is 0 Å². The molecule has 1 atom stereocenters. The molecule has 10 heteroatoms. The predicted molar refractivity (Wildman–Crippen MR) is 141 cm³/mol. The van der Waals surface area contributed by atoms with Crippen LogP contribution < -0.4 is 21.8 Å². The minimum Gasteiger partial charge on any atom is -0.454 e. The first-order valence-corrected chi connectivity index (χ1v) is 12.3. The lowest BCUT2D eigenvalue weighted by Crippen LogP contribution is -2.20. The Morgan fingerprint density at radius 2 is 1.65 bits per heavy atom. The second-order valence-corrected chi connectivity index (χ2v) is 9.91. The number of aromatic nitrogens is 2. The van der Waals surface area contributed by atoms with Crippen molar-refractivity contribution in [2.75, 3.05) is 11.5 Å². The smallest absolute Gasteiger partial charge is 0.275 e. The fourth-order valence-electron chi connectivity index (χ4n) is 4.09. The van der Waals surface area contributed by atoms with Crippen molar-refractivity contribution < 1.29 is 17.7 Å². The van der Waals surface area contributed by atoms with Gasteiger partial charge in [-0.15, -0.1) is 0 Å². The summed E-state index contributed by atoms with van der Waals surface area (Å²) in [7, 11) is -0.147. The molecule has 2 aromatic heterocycles. The van der Waals surface area contributed by atoms with Crippen LogP contribution in [-0.2, 0) is 18.0 Å². The Balaban J connectivity index is 1.73. The van der Waals surface area contributed by atoms with Crippen molar-refractivity contribution in [1.29, 1.82) is 0 Å². The van der Waals surface area contributed by atoms with E-state index in [0.29, 0.717) is 27.5 Å². The van der Waals surface area contributed by atoms with E-state index in [2.05, 4.69) is 0 Å². The second-order valence-electron chi connectivity index (χ2n) is 8.54. The number of benzene rings is 3. The van der Waals surface area contributed by atoms with Crippen molar-refractivity contribution in [2.45, 2.75) is 11.8 Å². The number of ether oxygens (including phenoxy) is 1. The summed E-state index contributed by atoms with van der Waals surface area (Å²) in [6.45, 7) is 1.92. The lowest BCUT2D eigenvalue weighted by atomic mass is 10.00. The van der Waals surface area contributed by atoms with Gasteiger partial charge in [0.05, 0.1) is 21.8 Å². The van der Waals surface area contributed by atoms with Crippen LogP contribution in [-0.4, -0.2) is 12.7 Å². The number of rotatable bonds is 5. The summed E-state index contributed by atoms with van der Waals surface area (Å²) in [5.41, 5.74) is 14.4. The second kappa shape index (κ2) is 9.21. The SMILES string of the molecule is Cc1ccc(S(=O)n2ccc3c(-c4c(Oc5ccc(F)cc5F)ccc(N)c4N)cn(C)c(=O)c32)cc1. The minimum atomic E-state index is -1.70. The molecule has 7 nitrogen and oxygen atoms in total. The fraction of sp³-hybridized carbons (Fsp3) is 0.0741. The van der Waals surface area contributed by atoms with Crippen LogP contribution in [0.15, 0.2) is 82.7 Å². The van der Waals surface area contributed by atoms with Gasteiger partial charge in [-0.25, -0.2) is 13.0 Å².